The summed E-state index contributed by atoms with van der Waals surface area (Å²) in [5.74, 6) is 0.269. The Kier molecular flexibility index (Phi) is 3.01. The minimum atomic E-state index is -0.808. The second-order valence-corrected chi connectivity index (χ2v) is 4.29. The molecule has 1 fully saturated rings. The summed E-state index contributed by atoms with van der Waals surface area (Å²) in [5.41, 5.74) is 6.65. The third-order valence-electron chi connectivity index (χ3n) is 3.13. The van der Waals surface area contributed by atoms with Crippen molar-refractivity contribution in [1.82, 2.24) is 19.5 Å². The number of aliphatic hydroxyl groups excluding tert-OH is 1. The first-order chi connectivity index (χ1) is 9.20. The summed E-state index contributed by atoms with van der Waals surface area (Å²) in [6.07, 6.45) is 1.11. The van der Waals surface area contributed by atoms with E-state index in [4.69, 9.17) is 10.5 Å². The summed E-state index contributed by atoms with van der Waals surface area (Å²) in [6, 6.07) is 0. The molecule has 1 aliphatic heterocycles. The lowest BCUT2D eigenvalue weighted by Gasteiger charge is -2.13. The summed E-state index contributed by atoms with van der Waals surface area (Å²) < 4.78 is 19.0. The van der Waals surface area contributed by atoms with Gasteiger partial charge in [0.1, 0.15) is 30.8 Å². The fourth-order valence-electron chi connectivity index (χ4n) is 2.18. The van der Waals surface area contributed by atoms with Crippen LogP contribution in [0.25, 0.3) is 11.2 Å². The van der Waals surface area contributed by atoms with Gasteiger partial charge in [0.25, 0.3) is 0 Å². The molecular formula is C10H12FN5O3. The molecule has 0 unspecified atom stereocenters. The summed E-state index contributed by atoms with van der Waals surface area (Å²) in [5, 5.41) is 9.75. The monoisotopic (exact) mass is 269 g/mol. The van der Waals surface area contributed by atoms with Crippen LogP contribution in [-0.2, 0) is 9.68 Å². The molecule has 2 aromatic rings. The van der Waals surface area contributed by atoms with Crippen molar-refractivity contribution in [1.29, 1.82) is 0 Å². The molecule has 3 rings (SSSR count). The highest BCUT2D eigenvalue weighted by molar-refractivity contribution is 5.81. The second-order valence-electron chi connectivity index (χ2n) is 4.29. The minimum absolute atomic E-state index is 0.269. The van der Waals surface area contributed by atoms with Crippen LogP contribution in [0.4, 0.5) is 10.3 Å². The van der Waals surface area contributed by atoms with Crippen LogP contribution < -0.4 is 5.73 Å². The molecule has 3 N–H and O–H groups in total. The zero-order valence-corrected chi connectivity index (χ0v) is 9.81. The molecule has 102 valence electrons. The number of rotatable bonds is 3. The van der Waals surface area contributed by atoms with E-state index >= 15 is 0 Å². The highest BCUT2D eigenvalue weighted by Gasteiger charge is 2.36. The third kappa shape index (κ3) is 2.01. The van der Waals surface area contributed by atoms with E-state index in [0.29, 0.717) is 17.6 Å². The van der Waals surface area contributed by atoms with Gasteiger partial charge in [-0.15, -0.1) is 0 Å². The van der Waals surface area contributed by atoms with Crippen molar-refractivity contribution in [2.24, 2.45) is 0 Å². The standard InChI is InChI=1S/C10H12FN5O3/c11-18-2-6-5(17)1-7(19-6)16-4-15-8-9(12)13-3-14-10(8)16/h3-7,17H,1-2H2,(H2,12,13,14)/t5-,6+,7+/m0/s1. The van der Waals surface area contributed by atoms with Gasteiger partial charge in [0.05, 0.1) is 12.4 Å². The van der Waals surface area contributed by atoms with Crippen molar-refractivity contribution in [2.45, 2.75) is 24.9 Å². The molecule has 0 spiro atoms. The molecule has 0 aliphatic carbocycles. The van der Waals surface area contributed by atoms with Crippen LogP contribution in [0.5, 0.6) is 0 Å². The maximum atomic E-state index is 11.8. The number of nitrogens with two attached hydrogens (primary N) is 1. The van der Waals surface area contributed by atoms with Crippen molar-refractivity contribution in [3.8, 4) is 0 Å². The summed E-state index contributed by atoms with van der Waals surface area (Å²) in [4.78, 5) is 15.5. The molecule has 0 amide bonds. The Balaban J connectivity index is 1.91. The quantitative estimate of drug-likeness (QED) is 0.804. The Bertz CT molecular complexity index is 592. The summed E-state index contributed by atoms with van der Waals surface area (Å²) in [6.45, 7) is -0.318. The molecule has 1 aliphatic rings. The van der Waals surface area contributed by atoms with Crippen LogP contribution in [0.15, 0.2) is 12.7 Å². The summed E-state index contributed by atoms with van der Waals surface area (Å²) >= 11 is 0. The lowest BCUT2D eigenvalue weighted by atomic mass is 10.2. The molecule has 0 saturated carbocycles. The molecule has 3 atom stereocenters. The molecule has 1 saturated heterocycles. The van der Waals surface area contributed by atoms with Gasteiger partial charge in [-0.1, -0.05) is 0 Å². The number of imidazole rings is 1. The number of hydrogen-bond acceptors (Lipinski definition) is 7. The van der Waals surface area contributed by atoms with Crippen LogP contribution in [0.3, 0.4) is 0 Å². The fraction of sp³-hybridized carbons (Fsp3) is 0.500. The summed E-state index contributed by atoms with van der Waals surface area (Å²) in [7, 11) is 0. The van der Waals surface area contributed by atoms with E-state index in [9.17, 15) is 9.63 Å². The van der Waals surface area contributed by atoms with Gasteiger partial charge in [-0.3, -0.25) is 4.57 Å². The Hall–Kier alpha value is -1.84. The SMILES string of the molecule is Nc1ncnc2c1ncn2[C@H]1C[C@H](O)[C@@H](COF)O1. The van der Waals surface area contributed by atoms with Crippen molar-refractivity contribution in [2.75, 3.05) is 12.3 Å². The van der Waals surface area contributed by atoms with Gasteiger partial charge in [-0.25, -0.2) is 15.0 Å². The molecule has 8 nitrogen and oxygen atoms in total. The van der Waals surface area contributed by atoms with Crippen LogP contribution >= 0.6 is 0 Å². The van der Waals surface area contributed by atoms with Crippen molar-refractivity contribution < 1.29 is 19.3 Å². The van der Waals surface area contributed by atoms with E-state index in [-0.39, 0.29) is 12.4 Å². The van der Waals surface area contributed by atoms with E-state index in [2.05, 4.69) is 19.9 Å². The van der Waals surface area contributed by atoms with E-state index in [1.165, 1.54) is 12.7 Å². The number of aromatic nitrogens is 4. The molecule has 0 bridgehead atoms. The van der Waals surface area contributed by atoms with Crippen LogP contribution in [0.1, 0.15) is 12.6 Å². The van der Waals surface area contributed by atoms with Gasteiger partial charge in [0.2, 0.25) is 0 Å². The first-order valence-electron chi connectivity index (χ1n) is 5.70. The molecule has 2 aromatic heterocycles. The highest BCUT2D eigenvalue weighted by Crippen LogP contribution is 2.31. The predicted octanol–water partition coefficient (Wildman–Crippen LogP) is -0.0420. The second kappa shape index (κ2) is 4.68. The molecular weight excluding hydrogens is 257 g/mol. The maximum absolute atomic E-state index is 11.8. The van der Waals surface area contributed by atoms with Crippen LogP contribution in [-0.4, -0.2) is 43.4 Å². The number of nitrogen functional groups attached to an aromatic ring is 1. The van der Waals surface area contributed by atoms with E-state index < -0.39 is 18.4 Å². The van der Waals surface area contributed by atoms with Gasteiger partial charge in [0.15, 0.2) is 11.5 Å². The largest absolute Gasteiger partial charge is 0.390 e. The Labute approximate surface area is 106 Å². The predicted molar refractivity (Wildman–Crippen MR) is 61.3 cm³/mol. The van der Waals surface area contributed by atoms with E-state index in [1.54, 1.807) is 4.57 Å². The zero-order valence-electron chi connectivity index (χ0n) is 9.81. The molecule has 9 heteroatoms. The Morgan fingerprint density at radius 2 is 2.37 bits per heavy atom. The number of ether oxygens (including phenoxy) is 1. The minimum Gasteiger partial charge on any atom is -0.390 e. The lowest BCUT2D eigenvalue weighted by Crippen LogP contribution is -2.25. The maximum Gasteiger partial charge on any atom is 0.167 e. The molecule has 3 heterocycles. The fourth-order valence-corrected chi connectivity index (χ4v) is 2.18. The average Bonchev–Trinajstić information content (AvgIpc) is 2.95. The third-order valence-corrected chi connectivity index (χ3v) is 3.13. The Morgan fingerprint density at radius 1 is 1.53 bits per heavy atom. The topological polar surface area (TPSA) is 108 Å². The van der Waals surface area contributed by atoms with Gasteiger partial charge < -0.3 is 15.6 Å². The highest BCUT2D eigenvalue weighted by atomic mass is 19.3. The number of fused-ring (bicyclic) bond motifs is 1. The number of hydrogen-bond donors (Lipinski definition) is 2. The number of aliphatic hydroxyl groups is 1. The zero-order chi connectivity index (χ0) is 13.4. The molecule has 0 aromatic carbocycles. The molecule has 19 heavy (non-hydrogen) atoms. The first kappa shape index (κ1) is 12.2. The van der Waals surface area contributed by atoms with Gasteiger partial charge >= 0.3 is 0 Å². The normalized spacial score (nSPS) is 27.2. The number of halogens is 1. The smallest absolute Gasteiger partial charge is 0.167 e. The van der Waals surface area contributed by atoms with Crippen molar-refractivity contribution >= 4 is 17.0 Å². The van der Waals surface area contributed by atoms with Crippen LogP contribution in [0.2, 0.25) is 0 Å². The lowest BCUT2D eigenvalue weighted by molar-refractivity contribution is -0.176. The number of anilines is 1. The number of nitrogens with zero attached hydrogens (tertiary/aromatic N) is 4. The Morgan fingerprint density at radius 3 is 3.16 bits per heavy atom. The van der Waals surface area contributed by atoms with E-state index in [1.807, 2.05) is 0 Å². The van der Waals surface area contributed by atoms with Crippen molar-refractivity contribution in [3.63, 3.8) is 0 Å². The van der Waals surface area contributed by atoms with Gasteiger partial charge in [-0.05, 0) is 4.53 Å². The van der Waals surface area contributed by atoms with Gasteiger partial charge in [-0.2, -0.15) is 4.94 Å². The van der Waals surface area contributed by atoms with E-state index in [0.717, 1.165) is 0 Å². The van der Waals surface area contributed by atoms with Crippen LogP contribution in [0, 0.1) is 0 Å². The first-order valence-corrected chi connectivity index (χ1v) is 5.70. The molecule has 0 radical (unpaired) electrons. The average molecular weight is 269 g/mol. The van der Waals surface area contributed by atoms with Crippen molar-refractivity contribution in [3.05, 3.63) is 12.7 Å². The van der Waals surface area contributed by atoms with Gasteiger partial charge in [0, 0.05) is 6.42 Å².